The predicted octanol–water partition coefficient (Wildman–Crippen LogP) is 0.918. The molecule has 7 nitrogen and oxygen atoms in total. The number of aryl methyl sites for hydroxylation is 1. The van der Waals surface area contributed by atoms with Crippen LogP contribution >= 0.6 is 0 Å². The summed E-state index contributed by atoms with van der Waals surface area (Å²) in [5.41, 5.74) is 6.65. The number of carboxylic acids is 1. The average Bonchev–Trinajstić information content (AvgIpc) is 2.42. The van der Waals surface area contributed by atoms with E-state index >= 15 is 0 Å². The van der Waals surface area contributed by atoms with Crippen molar-refractivity contribution in [2.45, 2.75) is 6.92 Å². The van der Waals surface area contributed by atoms with Gasteiger partial charge in [0.05, 0.1) is 6.54 Å². The van der Waals surface area contributed by atoms with Crippen LogP contribution < -0.4 is 11.1 Å². The Balaban J connectivity index is 2.70. The third-order valence-corrected chi connectivity index (χ3v) is 2.58. The van der Waals surface area contributed by atoms with Crippen molar-refractivity contribution in [3.05, 3.63) is 41.0 Å². The lowest BCUT2D eigenvalue weighted by atomic mass is 10.0. The van der Waals surface area contributed by atoms with Gasteiger partial charge in [0.1, 0.15) is 6.61 Å². The molecular weight excluding hydrogens is 276 g/mol. The van der Waals surface area contributed by atoms with Gasteiger partial charge in [-0.15, -0.1) is 0 Å². The Labute approximate surface area is 121 Å². The number of carbonyl (C=O) groups excluding carboxylic acids is 2. The van der Waals surface area contributed by atoms with Crippen LogP contribution in [0.5, 0.6) is 0 Å². The van der Waals surface area contributed by atoms with Crippen LogP contribution in [0.1, 0.15) is 21.5 Å². The van der Waals surface area contributed by atoms with Gasteiger partial charge in [-0.2, -0.15) is 0 Å². The topological polar surface area (TPSA) is 119 Å². The number of aliphatic carboxylic acids is 1. The molecule has 0 heterocycles. The summed E-state index contributed by atoms with van der Waals surface area (Å²) < 4.78 is 4.48. The van der Waals surface area contributed by atoms with Gasteiger partial charge in [-0.25, -0.2) is 9.59 Å². The first-order valence-electron chi connectivity index (χ1n) is 6.12. The monoisotopic (exact) mass is 292 g/mol. The molecule has 0 spiro atoms. The van der Waals surface area contributed by atoms with Crippen molar-refractivity contribution < 1.29 is 24.2 Å². The van der Waals surface area contributed by atoms with Crippen molar-refractivity contribution in [3.8, 4) is 0 Å². The van der Waals surface area contributed by atoms with E-state index in [2.05, 4.69) is 10.1 Å². The normalized spacial score (nSPS) is 10.3. The number of nitrogens with two attached hydrogens (primary N) is 1. The second-order valence-electron chi connectivity index (χ2n) is 4.17. The number of primary amides is 1. The largest absolute Gasteiger partial charge is 0.478 e. The molecule has 7 heteroatoms. The third kappa shape index (κ3) is 5.77. The van der Waals surface area contributed by atoms with Crippen molar-refractivity contribution in [3.63, 3.8) is 0 Å². The maximum atomic E-state index is 11.9. The minimum absolute atomic E-state index is 0.0152. The first-order chi connectivity index (χ1) is 9.90. The lowest BCUT2D eigenvalue weighted by Crippen LogP contribution is -2.29. The molecule has 0 atom stereocenters. The molecule has 0 aliphatic heterocycles. The van der Waals surface area contributed by atoms with Gasteiger partial charge < -0.3 is 20.9 Å². The van der Waals surface area contributed by atoms with E-state index in [1.165, 1.54) is 6.08 Å². The number of benzene rings is 1. The molecule has 2 amide bonds. The molecule has 4 N–H and O–H groups in total. The Morgan fingerprint density at radius 1 is 1.38 bits per heavy atom. The summed E-state index contributed by atoms with van der Waals surface area (Å²) in [6.07, 6.45) is 1.52. The van der Waals surface area contributed by atoms with Gasteiger partial charge in [-0.3, -0.25) is 4.79 Å². The van der Waals surface area contributed by atoms with E-state index in [1.807, 2.05) is 6.92 Å². The lowest BCUT2D eigenvalue weighted by molar-refractivity contribution is -0.131. The zero-order valence-corrected chi connectivity index (χ0v) is 11.5. The highest BCUT2D eigenvalue weighted by atomic mass is 16.5. The number of hydrogen-bond acceptors (Lipinski definition) is 4. The summed E-state index contributed by atoms with van der Waals surface area (Å²) in [6, 6.07) is 4.92. The summed E-state index contributed by atoms with van der Waals surface area (Å²) >= 11 is 0. The third-order valence-electron chi connectivity index (χ3n) is 2.58. The Hall–Kier alpha value is -2.83. The van der Waals surface area contributed by atoms with Gasteiger partial charge in [0, 0.05) is 11.6 Å². The molecule has 0 aromatic heterocycles. The van der Waals surface area contributed by atoms with E-state index in [9.17, 15) is 14.4 Å². The average molecular weight is 292 g/mol. The SMILES string of the molecule is Cc1ccc(C(=O)NCCOC(N)=O)cc1/C=C/C(=O)O. The number of hydrogen-bond donors (Lipinski definition) is 3. The quantitative estimate of drug-likeness (QED) is 0.532. The van der Waals surface area contributed by atoms with Crippen molar-refractivity contribution in [1.29, 1.82) is 0 Å². The highest BCUT2D eigenvalue weighted by molar-refractivity contribution is 5.95. The van der Waals surface area contributed by atoms with Crippen molar-refractivity contribution in [1.82, 2.24) is 5.32 Å². The van der Waals surface area contributed by atoms with Crippen LogP contribution in [-0.4, -0.2) is 36.2 Å². The molecule has 0 saturated heterocycles. The molecule has 1 aromatic rings. The highest BCUT2D eigenvalue weighted by Gasteiger charge is 2.07. The molecule has 112 valence electrons. The molecule has 0 aliphatic rings. The van der Waals surface area contributed by atoms with Crippen molar-refractivity contribution in [2.75, 3.05) is 13.2 Å². The summed E-state index contributed by atoms with van der Waals surface area (Å²) in [4.78, 5) is 32.7. The summed E-state index contributed by atoms with van der Waals surface area (Å²) in [6.45, 7) is 1.93. The number of rotatable bonds is 6. The number of amides is 2. The molecule has 1 aromatic carbocycles. The minimum atomic E-state index is -1.06. The Morgan fingerprint density at radius 3 is 2.71 bits per heavy atom. The Kier molecular flexibility index (Phi) is 5.94. The zero-order chi connectivity index (χ0) is 15.8. The van der Waals surface area contributed by atoms with E-state index < -0.39 is 12.1 Å². The van der Waals surface area contributed by atoms with Crippen LogP contribution in [0.25, 0.3) is 6.08 Å². The first kappa shape index (κ1) is 16.2. The Morgan fingerprint density at radius 2 is 2.10 bits per heavy atom. The fourth-order valence-corrected chi connectivity index (χ4v) is 1.54. The summed E-state index contributed by atoms with van der Waals surface area (Å²) in [5.74, 6) is -1.42. The summed E-state index contributed by atoms with van der Waals surface area (Å²) in [7, 11) is 0. The second kappa shape index (κ2) is 7.68. The van der Waals surface area contributed by atoms with Crippen LogP contribution in [0, 0.1) is 6.92 Å². The molecule has 0 saturated carbocycles. The van der Waals surface area contributed by atoms with Gasteiger partial charge in [-0.1, -0.05) is 6.07 Å². The molecule has 0 fully saturated rings. The van der Waals surface area contributed by atoms with Gasteiger partial charge in [0.2, 0.25) is 0 Å². The van der Waals surface area contributed by atoms with Crippen molar-refractivity contribution in [2.24, 2.45) is 5.73 Å². The van der Waals surface area contributed by atoms with Gasteiger partial charge in [0.15, 0.2) is 0 Å². The Bertz CT molecular complexity index is 581. The minimum Gasteiger partial charge on any atom is -0.478 e. The van der Waals surface area contributed by atoms with E-state index in [1.54, 1.807) is 18.2 Å². The van der Waals surface area contributed by atoms with E-state index in [-0.39, 0.29) is 19.1 Å². The predicted molar refractivity (Wildman–Crippen MR) is 75.7 cm³/mol. The molecule has 0 radical (unpaired) electrons. The van der Waals surface area contributed by atoms with Gasteiger partial charge in [0.25, 0.3) is 5.91 Å². The number of carboxylic acid groups (broad SMARTS) is 1. The van der Waals surface area contributed by atoms with Crippen LogP contribution in [0.2, 0.25) is 0 Å². The standard InChI is InChI=1S/C14H16N2O5/c1-9-2-3-11(8-10(9)4-5-12(17)18)13(19)16-6-7-21-14(15)20/h2-5,8H,6-7H2,1H3,(H2,15,20)(H,16,19)(H,17,18)/b5-4+. The molecular formula is C14H16N2O5. The van der Waals surface area contributed by atoms with Gasteiger partial charge in [-0.05, 0) is 36.3 Å². The molecule has 1 rings (SSSR count). The fourth-order valence-electron chi connectivity index (χ4n) is 1.54. The van der Waals surface area contributed by atoms with E-state index in [0.717, 1.165) is 11.6 Å². The highest BCUT2D eigenvalue weighted by Crippen LogP contribution is 2.13. The number of nitrogens with one attached hydrogen (secondary N) is 1. The number of carbonyl (C=O) groups is 3. The van der Waals surface area contributed by atoms with Crippen LogP contribution in [0.3, 0.4) is 0 Å². The molecule has 0 unspecified atom stereocenters. The number of ether oxygens (including phenoxy) is 1. The van der Waals surface area contributed by atoms with E-state index in [4.69, 9.17) is 10.8 Å². The van der Waals surface area contributed by atoms with Crippen LogP contribution in [0.15, 0.2) is 24.3 Å². The molecule has 0 bridgehead atoms. The zero-order valence-electron chi connectivity index (χ0n) is 11.5. The lowest BCUT2D eigenvalue weighted by Gasteiger charge is -2.07. The van der Waals surface area contributed by atoms with Crippen LogP contribution in [0.4, 0.5) is 4.79 Å². The van der Waals surface area contributed by atoms with Crippen molar-refractivity contribution >= 4 is 24.0 Å². The second-order valence-corrected chi connectivity index (χ2v) is 4.17. The fraction of sp³-hybridized carbons (Fsp3) is 0.214. The first-order valence-corrected chi connectivity index (χ1v) is 6.12. The molecule has 21 heavy (non-hydrogen) atoms. The molecule has 0 aliphatic carbocycles. The van der Waals surface area contributed by atoms with E-state index in [0.29, 0.717) is 11.1 Å². The van der Waals surface area contributed by atoms with Gasteiger partial charge >= 0.3 is 12.1 Å². The maximum Gasteiger partial charge on any atom is 0.404 e. The maximum absolute atomic E-state index is 11.9. The smallest absolute Gasteiger partial charge is 0.404 e. The summed E-state index contributed by atoms with van der Waals surface area (Å²) in [5, 5.41) is 11.2. The van der Waals surface area contributed by atoms with Crippen LogP contribution in [-0.2, 0) is 9.53 Å².